The predicted octanol–water partition coefficient (Wildman–Crippen LogP) is 30.5. The van der Waals surface area contributed by atoms with E-state index >= 15 is 0 Å². The molecular formula is C118H91BN4. The van der Waals surface area contributed by atoms with Crippen LogP contribution in [0.4, 0.5) is 34.1 Å². The average Bonchev–Trinajstić information content (AvgIpc) is 1.37. The highest BCUT2D eigenvalue weighted by atomic mass is 15.2. The van der Waals surface area contributed by atoms with Crippen LogP contribution in [0.5, 0.6) is 0 Å². The van der Waals surface area contributed by atoms with Gasteiger partial charge < -0.3 is 18.9 Å². The Kier molecular flexibility index (Phi) is 16.8. The Balaban J connectivity index is 0.873. The summed E-state index contributed by atoms with van der Waals surface area (Å²) in [5, 5.41) is 14.5. The van der Waals surface area contributed by atoms with E-state index in [2.05, 4.69) is 469 Å². The van der Waals surface area contributed by atoms with Gasteiger partial charge in [-0.25, -0.2) is 0 Å². The van der Waals surface area contributed by atoms with Crippen LogP contribution in [0.1, 0.15) is 79.0 Å². The standard InChI is InChI=1S/C118H91BN4/c1-116(2,3)88-66-97(76-32-14-10-15-33-76)114(98(67-88)77-34-16-11-17-35-77)122-107-72-91(120-105-60-52-86(84-48-46-74-30-22-24-42-82(74)62-84)64-101(105)95-56-50-80-40-26-28-44-93(80)112(95)120)54-58-103(107)119-104-59-55-92(121-106-61-53-87(85-49-47-75-31-23-25-43-83(75)63-85)65-102(106)96-57-51-81-41-27-29-45-94(81)113(96)121)73-108(104)123(110-71-90(118(7,8)9)70-109(122)111(110)119)115-99(78-36-18-12-19-37-78)68-89(117(4,5)6)69-100(115)79-38-20-13-21-39-79/h10-73H,1-9H3. The lowest BCUT2D eigenvalue weighted by Gasteiger charge is -2.47. The van der Waals surface area contributed by atoms with Gasteiger partial charge in [-0.1, -0.05) is 353 Å². The van der Waals surface area contributed by atoms with Crippen LogP contribution in [0, 0.1) is 0 Å². The zero-order chi connectivity index (χ0) is 82.9. The molecule has 123 heavy (non-hydrogen) atoms. The third-order valence-corrected chi connectivity index (χ3v) is 26.6. The Morgan fingerprint density at radius 2 is 0.520 bits per heavy atom. The highest BCUT2D eigenvalue weighted by Gasteiger charge is 2.47. The number of rotatable bonds is 10. The van der Waals surface area contributed by atoms with Crippen molar-refractivity contribution < 1.29 is 0 Å². The van der Waals surface area contributed by atoms with Crippen molar-refractivity contribution in [3.05, 3.63) is 405 Å². The van der Waals surface area contributed by atoms with Crippen molar-refractivity contribution in [3.8, 4) is 78.1 Å². The zero-order valence-corrected chi connectivity index (χ0v) is 70.8. The number of nitrogens with zero attached hydrogens (tertiary/aromatic N) is 4. The SMILES string of the molecule is CC(C)(C)c1cc(-c2ccccc2)c(N2c3cc(-n4c5ccc(-c6ccc7ccccc7c6)cc5c5ccc6ccccc6c54)ccc3B3c4ccc(-n5c6ccc(-c7ccc8ccccc8c7)cc6c6ccc7ccccc7c65)cc4N(c4c(-c5ccccc5)cc(C(C)(C)C)cc4-c4ccccc4)c4cc(C(C)(C)C)cc2c43)c(-c2ccccc2)c1. The van der Waals surface area contributed by atoms with Crippen molar-refractivity contribution in [2.75, 3.05) is 9.80 Å². The smallest absolute Gasteiger partial charge is 0.252 e. The first-order chi connectivity index (χ1) is 59.9. The van der Waals surface area contributed by atoms with Crippen LogP contribution < -0.4 is 26.2 Å². The molecule has 0 atom stereocenters. The molecule has 0 saturated carbocycles. The monoisotopic (exact) mass is 1570 g/mol. The van der Waals surface area contributed by atoms with Gasteiger partial charge in [0.2, 0.25) is 0 Å². The maximum absolute atomic E-state index is 2.76. The minimum atomic E-state index is -0.380. The molecular weight excluding hydrogens is 1480 g/mol. The van der Waals surface area contributed by atoms with E-state index in [-0.39, 0.29) is 23.0 Å². The summed E-state index contributed by atoms with van der Waals surface area (Å²) in [7, 11) is 0. The summed E-state index contributed by atoms with van der Waals surface area (Å²) < 4.78 is 5.20. The summed E-state index contributed by atoms with van der Waals surface area (Å²) in [5.41, 5.74) is 34.1. The van der Waals surface area contributed by atoms with E-state index in [1.54, 1.807) is 0 Å². The molecule has 2 aromatic heterocycles. The molecule has 0 N–H and O–H groups in total. The molecule has 4 nitrogen and oxygen atoms in total. The highest BCUT2D eigenvalue weighted by Crippen LogP contribution is 2.57. The quantitative estimate of drug-likeness (QED) is 0.127. The minimum absolute atomic E-state index is 0.228. The van der Waals surface area contributed by atoms with E-state index in [0.717, 1.165) is 101 Å². The van der Waals surface area contributed by atoms with Crippen molar-refractivity contribution in [2.45, 2.75) is 78.6 Å². The van der Waals surface area contributed by atoms with Crippen LogP contribution in [0.3, 0.4) is 0 Å². The fourth-order valence-electron chi connectivity index (χ4n) is 20.3. The van der Waals surface area contributed by atoms with Crippen molar-refractivity contribution in [2.24, 2.45) is 0 Å². The molecule has 0 spiro atoms. The second-order valence-corrected chi connectivity index (χ2v) is 37.2. The molecule has 2 aliphatic rings. The fourth-order valence-corrected chi connectivity index (χ4v) is 20.3. The Morgan fingerprint density at radius 1 is 0.211 bits per heavy atom. The molecule has 0 bridgehead atoms. The molecule has 0 radical (unpaired) electrons. The second kappa shape index (κ2) is 28.0. The van der Waals surface area contributed by atoms with Crippen LogP contribution >= 0.6 is 0 Å². The Morgan fingerprint density at radius 3 is 0.886 bits per heavy atom. The molecule has 0 fully saturated rings. The number of aromatic nitrogens is 2. The minimum Gasteiger partial charge on any atom is -0.310 e. The predicted molar refractivity (Wildman–Crippen MR) is 528 cm³/mol. The molecule has 19 aromatic carbocycles. The lowest BCUT2D eigenvalue weighted by atomic mass is 9.33. The lowest BCUT2D eigenvalue weighted by Crippen LogP contribution is -2.61. The molecule has 5 heteroatoms. The van der Waals surface area contributed by atoms with Gasteiger partial charge >= 0.3 is 0 Å². The van der Waals surface area contributed by atoms with Crippen LogP contribution in [0.2, 0.25) is 0 Å². The zero-order valence-electron chi connectivity index (χ0n) is 70.8. The van der Waals surface area contributed by atoms with E-state index in [0.29, 0.717) is 0 Å². The van der Waals surface area contributed by atoms with E-state index in [1.807, 2.05) is 0 Å². The van der Waals surface area contributed by atoms with Crippen molar-refractivity contribution in [1.29, 1.82) is 0 Å². The first-order valence-electron chi connectivity index (χ1n) is 43.5. The summed E-state index contributed by atoms with van der Waals surface area (Å²) in [6, 6.07) is 149. The van der Waals surface area contributed by atoms with Gasteiger partial charge in [0.05, 0.1) is 33.4 Å². The molecule has 4 heterocycles. The lowest BCUT2D eigenvalue weighted by molar-refractivity contribution is 0.590. The highest BCUT2D eigenvalue weighted by molar-refractivity contribution is 7.00. The van der Waals surface area contributed by atoms with E-state index in [4.69, 9.17) is 0 Å². The van der Waals surface area contributed by atoms with Gasteiger partial charge in [0.15, 0.2) is 0 Å². The summed E-state index contributed by atoms with van der Waals surface area (Å²) in [4.78, 5) is 5.52. The number of hydrogen-bond donors (Lipinski definition) is 0. The molecule has 21 aromatic rings. The van der Waals surface area contributed by atoms with Gasteiger partial charge in [-0.2, -0.15) is 0 Å². The van der Waals surface area contributed by atoms with Gasteiger partial charge in [0, 0.05) is 88.7 Å². The third-order valence-electron chi connectivity index (χ3n) is 26.6. The molecule has 0 saturated heterocycles. The average molecular weight is 1580 g/mol. The summed E-state index contributed by atoms with van der Waals surface area (Å²) in [6.07, 6.45) is 0. The first kappa shape index (κ1) is 73.6. The molecule has 23 rings (SSSR count). The van der Waals surface area contributed by atoms with E-state index < -0.39 is 0 Å². The molecule has 2 aliphatic heterocycles. The van der Waals surface area contributed by atoms with Crippen molar-refractivity contribution in [3.63, 3.8) is 0 Å². The summed E-state index contributed by atoms with van der Waals surface area (Å²) in [6.45, 7) is 21.2. The van der Waals surface area contributed by atoms with Crippen LogP contribution in [-0.4, -0.2) is 15.8 Å². The second-order valence-electron chi connectivity index (χ2n) is 37.2. The first-order valence-corrected chi connectivity index (χ1v) is 43.5. The topological polar surface area (TPSA) is 16.3 Å². The summed E-state index contributed by atoms with van der Waals surface area (Å²) in [5.74, 6) is 0. The van der Waals surface area contributed by atoms with E-state index in [9.17, 15) is 0 Å². The fraction of sp³-hybridized carbons (Fsp3) is 0.102. The van der Waals surface area contributed by atoms with Crippen LogP contribution in [-0.2, 0) is 16.2 Å². The van der Waals surface area contributed by atoms with Gasteiger partial charge in [0.1, 0.15) is 0 Å². The number of hydrogen-bond acceptors (Lipinski definition) is 2. The number of anilines is 6. The van der Waals surface area contributed by atoms with Crippen LogP contribution in [0.15, 0.2) is 388 Å². The van der Waals surface area contributed by atoms with Crippen molar-refractivity contribution >= 4 is 144 Å². The molecule has 0 amide bonds. The summed E-state index contributed by atoms with van der Waals surface area (Å²) >= 11 is 0. The van der Waals surface area contributed by atoms with Gasteiger partial charge in [-0.05, 0) is 223 Å². The Labute approximate surface area is 719 Å². The number of fused-ring (bicyclic) bond motifs is 16. The van der Waals surface area contributed by atoms with Gasteiger partial charge in [-0.3, -0.25) is 0 Å². The normalized spacial score (nSPS) is 12.9. The van der Waals surface area contributed by atoms with Crippen LogP contribution in [0.25, 0.3) is 165 Å². The largest absolute Gasteiger partial charge is 0.310 e. The van der Waals surface area contributed by atoms with Gasteiger partial charge in [-0.15, -0.1) is 0 Å². The molecule has 586 valence electrons. The maximum atomic E-state index is 2.76. The maximum Gasteiger partial charge on any atom is 0.252 e. The van der Waals surface area contributed by atoms with Crippen molar-refractivity contribution in [1.82, 2.24) is 9.13 Å². The Bertz CT molecular complexity index is 7350. The Hall–Kier alpha value is -14.5. The van der Waals surface area contributed by atoms with Gasteiger partial charge in [0.25, 0.3) is 6.71 Å². The number of benzene rings is 19. The van der Waals surface area contributed by atoms with E-state index in [1.165, 1.54) is 131 Å². The molecule has 0 aliphatic carbocycles. The third kappa shape index (κ3) is 12.0. The molecule has 0 unspecified atom stereocenters.